The predicted molar refractivity (Wildman–Crippen MR) is 108 cm³/mol. The lowest BCUT2D eigenvalue weighted by Crippen LogP contribution is -2.55. The minimum absolute atomic E-state index is 0.0748. The Bertz CT molecular complexity index is 938. The van der Waals surface area contributed by atoms with Gasteiger partial charge in [-0.2, -0.15) is 0 Å². The van der Waals surface area contributed by atoms with E-state index in [2.05, 4.69) is 6.58 Å². The summed E-state index contributed by atoms with van der Waals surface area (Å²) in [6.07, 6.45) is 5.95. The van der Waals surface area contributed by atoms with E-state index in [0.29, 0.717) is 17.9 Å². The minimum Gasteiger partial charge on any atom is -0.493 e. The van der Waals surface area contributed by atoms with Gasteiger partial charge >= 0.3 is 11.9 Å². The maximum Gasteiger partial charge on any atom is 0.324 e. The van der Waals surface area contributed by atoms with Crippen molar-refractivity contribution in [2.75, 3.05) is 21.3 Å². The van der Waals surface area contributed by atoms with Crippen molar-refractivity contribution in [2.45, 2.75) is 43.6 Å². The SMILES string of the molecule is C=C[C@@H]1CC[C@H]2[C@@H]3CCc4cc(OC)c(OC)cc4[C@H]3[C@@]3(C(=O)OC)C[C@@]12OC3=O. The summed E-state index contributed by atoms with van der Waals surface area (Å²) >= 11 is 0. The van der Waals surface area contributed by atoms with Gasteiger partial charge in [-0.3, -0.25) is 9.59 Å². The molecule has 3 aliphatic carbocycles. The van der Waals surface area contributed by atoms with Crippen LogP contribution in [0.4, 0.5) is 0 Å². The molecule has 3 fully saturated rings. The van der Waals surface area contributed by atoms with Gasteiger partial charge in [0.25, 0.3) is 0 Å². The third-order valence-corrected chi connectivity index (χ3v) is 8.28. The van der Waals surface area contributed by atoms with Crippen LogP contribution in [0, 0.1) is 23.2 Å². The quantitative estimate of drug-likeness (QED) is 0.429. The number of carbonyl (C=O) groups is 2. The van der Waals surface area contributed by atoms with Gasteiger partial charge in [0.05, 0.1) is 21.3 Å². The average molecular weight is 412 g/mol. The number of esters is 2. The first kappa shape index (κ1) is 19.5. The number of ether oxygens (including phenoxy) is 4. The molecular weight excluding hydrogens is 384 g/mol. The molecule has 0 aromatic heterocycles. The van der Waals surface area contributed by atoms with Crippen LogP contribution in [-0.2, 0) is 25.5 Å². The van der Waals surface area contributed by atoms with E-state index in [0.717, 1.165) is 36.8 Å². The highest BCUT2D eigenvalue weighted by Gasteiger charge is 2.76. The Labute approximate surface area is 176 Å². The highest BCUT2D eigenvalue weighted by Crippen LogP contribution is 2.70. The zero-order valence-corrected chi connectivity index (χ0v) is 17.7. The van der Waals surface area contributed by atoms with Crippen molar-refractivity contribution in [3.05, 3.63) is 35.9 Å². The van der Waals surface area contributed by atoms with Crippen LogP contribution >= 0.6 is 0 Å². The van der Waals surface area contributed by atoms with Gasteiger partial charge < -0.3 is 18.9 Å². The molecular formula is C24H28O6. The number of fused-ring (bicyclic) bond motifs is 6. The Morgan fingerprint density at radius 2 is 1.90 bits per heavy atom. The van der Waals surface area contributed by atoms with E-state index in [4.69, 9.17) is 18.9 Å². The molecule has 6 nitrogen and oxygen atoms in total. The van der Waals surface area contributed by atoms with Gasteiger partial charge in [-0.25, -0.2) is 0 Å². The molecule has 1 aromatic rings. The molecule has 6 atom stereocenters. The van der Waals surface area contributed by atoms with Crippen molar-refractivity contribution in [1.29, 1.82) is 0 Å². The molecule has 2 bridgehead atoms. The fraction of sp³-hybridized carbons (Fsp3) is 0.583. The average Bonchev–Trinajstić information content (AvgIpc) is 3.26. The monoisotopic (exact) mass is 412 g/mol. The summed E-state index contributed by atoms with van der Waals surface area (Å²) in [5, 5.41) is 0. The van der Waals surface area contributed by atoms with Crippen molar-refractivity contribution in [1.82, 2.24) is 0 Å². The third kappa shape index (κ3) is 2.14. The Hall–Kier alpha value is -2.50. The molecule has 30 heavy (non-hydrogen) atoms. The maximum absolute atomic E-state index is 13.5. The van der Waals surface area contributed by atoms with Gasteiger partial charge in [-0.1, -0.05) is 6.08 Å². The Kier molecular flexibility index (Phi) is 4.21. The van der Waals surface area contributed by atoms with Crippen molar-refractivity contribution in [3.8, 4) is 11.5 Å². The molecule has 0 unspecified atom stereocenters. The summed E-state index contributed by atoms with van der Waals surface area (Å²) in [4.78, 5) is 26.8. The largest absolute Gasteiger partial charge is 0.493 e. The van der Waals surface area contributed by atoms with E-state index < -0.39 is 23.0 Å². The molecule has 1 saturated heterocycles. The van der Waals surface area contributed by atoms with E-state index in [1.54, 1.807) is 14.2 Å². The lowest BCUT2D eigenvalue weighted by molar-refractivity contribution is -0.165. The van der Waals surface area contributed by atoms with E-state index in [-0.39, 0.29) is 23.7 Å². The number of carbonyl (C=O) groups excluding carboxylic acids is 2. The minimum atomic E-state index is -1.32. The smallest absolute Gasteiger partial charge is 0.324 e. The van der Waals surface area contributed by atoms with Crippen LogP contribution in [0.1, 0.15) is 42.7 Å². The molecule has 0 radical (unpaired) electrons. The molecule has 1 aromatic carbocycles. The standard InChI is InChI=1S/C24H28O6/c1-5-14-7-9-17-15-8-6-13-10-18(27-2)19(28-3)11-16(13)20(15)23(21(25)29-4)12-24(14,17)30-22(23)26/h5,10-11,14-15,17,20H,1,6-9,12H2,2-4H3/t14-,15+,17+,20+,23-,24-/m1/s1. The summed E-state index contributed by atoms with van der Waals surface area (Å²) in [5.41, 5.74) is 0.130. The predicted octanol–water partition coefficient (Wildman–Crippen LogP) is 3.42. The van der Waals surface area contributed by atoms with Crippen LogP contribution < -0.4 is 9.47 Å². The molecule has 160 valence electrons. The first-order valence-corrected chi connectivity index (χ1v) is 10.7. The van der Waals surface area contributed by atoms with E-state index in [9.17, 15) is 9.59 Å². The van der Waals surface area contributed by atoms with Gasteiger partial charge in [0.15, 0.2) is 16.9 Å². The van der Waals surface area contributed by atoms with Crippen molar-refractivity contribution < 1.29 is 28.5 Å². The summed E-state index contributed by atoms with van der Waals surface area (Å²) in [5.74, 6) is 0.509. The third-order valence-electron chi connectivity index (χ3n) is 8.28. The van der Waals surface area contributed by atoms with Gasteiger partial charge in [0.2, 0.25) is 0 Å². The normalized spacial score (nSPS) is 38.0. The first-order chi connectivity index (χ1) is 14.5. The van der Waals surface area contributed by atoms with E-state index in [1.807, 2.05) is 18.2 Å². The second kappa shape index (κ2) is 6.50. The topological polar surface area (TPSA) is 71.1 Å². The molecule has 1 heterocycles. The number of aryl methyl sites for hydroxylation is 1. The van der Waals surface area contributed by atoms with Crippen molar-refractivity contribution >= 4 is 11.9 Å². The second-order valence-corrected chi connectivity index (χ2v) is 9.10. The van der Waals surface area contributed by atoms with Crippen LogP contribution in [0.5, 0.6) is 11.5 Å². The number of rotatable bonds is 4. The van der Waals surface area contributed by atoms with E-state index in [1.165, 1.54) is 7.11 Å². The lowest BCUT2D eigenvalue weighted by atomic mass is 9.50. The summed E-state index contributed by atoms with van der Waals surface area (Å²) in [6.45, 7) is 4.00. The van der Waals surface area contributed by atoms with Gasteiger partial charge in [-0.05, 0) is 54.9 Å². The summed E-state index contributed by atoms with van der Waals surface area (Å²) in [7, 11) is 4.57. The Balaban J connectivity index is 1.74. The zero-order valence-electron chi connectivity index (χ0n) is 17.7. The fourth-order valence-electron chi connectivity index (χ4n) is 7.17. The molecule has 6 heteroatoms. The molecule has 4 aliphatic rings. The molecule has 1 aliphatic heterocycles. The molecule has 0 amide bonds. The van der Waals surface area contributed by atoms with Crippen molar-refractivity contribution in [3.63, 3.8) is 0 Å². The van der Waals surface area contributed by atoms with Gasteiger partial charge in [-0.15, -0.1) is 6.58 Å². The molecule has 2 saturated carbocycles. The van der Waals surface area contributed by atoms with E-state index >= 15 is 0 Å². The van der Waals surface area contributed by atoms with Crippen LogP contribution in [-0.4, -0.2) is 38.9 Å². The zero-order chi connectivity index (χ0) is 21.3. The summed E-state index contributed by atoms with van der Waals surface area (Å²) in [6, 6.07) is 3.94. The number of hydrogen-bond acceptors (Lipinski definition) is 6. The number of hydrogen-bond donors (Lipinski definition) is 0. The Morgan fingerprint density at radius 3 is 2.57 bits per heavy atom. The van der Waals surface area contributed by atoms with Crippen LogP contribution in [0.2, 0.25) is 0 Å². The van der Waals surface area contributed by atoms with Gasteiger partial charge in [0.1, 0.15) is 5.60 Å². The fourth-order valence-corrected chi connectivity index (χ4v) is 7.17. The van der Waals surface area contributed by atoms with Crippen molar-refractivity contribution in [2.24, 2.45) is 23.2 Å². The van der Waals surface area contributed by atoms with Crippen LogP contribution in [0.3, 0.4) is 0 Å². The number of benzene rings is 1. The highest BCUT2D eigenvalue weighted by atomic mass is 16.6. The molecule has 1 spiro atoms. The number of methoxy groups -OCH3 is 3. The second-order valence-electron chi connectivity index (χ2n) is 9.10. The lowest BCUT2D eigenvalue weighted by Gasteiger charge is -2.50. The Morgan fingerprint density at radius 1 is 1.17 bits per heavy atom. The molecule has 0 N–H and O–H groups in total. The van der Waals surface area contributed by atoms with Crippen LogP contribution in [0.15, 0.2) is 24.8 Å². The summed E-state index contributed by atoms with van der Waals surface area (Å²) < 4.78 is 22.5. The maximum atomic E-state index is 13.5. The molecule has 5 rings (SSSR count). The highest BCUT2D eigenvalue weighted by molar-refractivity contribution is 6.03. The first-order valence-electron chi connectivity index (χ1n) is 10.7. The van der Waals surface area contributed by atoms with Crippen LogP contribution in [0.25, 0.3) is 0 Å². The van der Waals surface area contributed by atoms with Gasteiger partial charge in [0, 0.05) is 24.2 Å².